The van der Waals surface area contributed by atoms with Crippen LogP contribution in [0.1, 0.15) is 27.8 Å². The Balaban J connectivity index is 1.55. The van der Waals surface area contributed by atoms with E-state index in [0.29, 0.717) is 0 Å². The first-order valence-electron chi connectivity index (χ1n) is 15.5. The van der Waals surface area contributed by atoms with Crippen molar-refractivity contribution in [3.63, 3.8) is 0 Å². The van der Waals surface area contributed by atoms with Crippen molar-refractivity contribution in [3.05, 3.63) is 227 Å². The molecular weight excluding hydrogens is 575 g/mol. The van der Waals surface area contributed by atoms with Crippen molar-refractivity contribution < 1.29 is 4.57 Å². The van der Waals surface area contributed by atoms with E-state index in [4.69, 9.17) is 0 Å². The van der Waals surface area contributed by atoms with E-state index in [9.17, 15) is 0 Å². The summed E-state index contributed by atoms with van der Waals surface area (Å²) < 4.78 is 16.2. The van der Waals surface area contributed by atoms with Crippen LogP contribution in [0.5, 0.6) is 0 Å². The topological polar surface area (TPSA) is 17.1 Å². The quantitative estimate of drug-likeness (QED) is 0.124. The van der Waals surface area contributed by atoms with Crippen molar-refractivity contribution in [1.29, 1.82) is 0 Å². The highest BCUT2D eigenvalue weighted by Gasteiger charge is 2.36. The van der Waals surface area contributed by atoms with Gasteiger partial charge in [-0.1, -0.05) is 182 Å². The van der Waals surface area contributed by atoms with Crippen LogP contribution in [0.15, 0.2) is 199 Å². The molecule has 2 heteroatoms. The number of fused-ring (bicyclic) bond motifs is 1. The largest absolute Gasteiger partial charge is 0.309 e. The Hall–Kier alpha value is -5.49. The van der Waals surface area contributed by atoms with E-state index >= 15 is 4.57 Å². The van der Waals surface area contributed by atoms with Crippen molar-refractivity contribution >= 4 is 41.0 Å². The standard InChI is InChI=1S/C44H33OP/c45-46(38-25-12-4-13-26-38,39-27-14-5-15-28-39)44(31-30-40(35-20-8-2-9-21-35)36-22-10-3-11-23-36)43-33-37-24-16-17-29-41(37)42(43)32-34-18-6-1-7-19-34/h1-33H/b42-32+,44-31+. The molecule has 0 fully saturated rings. The Kier molecular flexibility index (Phi) is 8.42. The lowest BCUT2D eigenvalue weighted by Crippen LogP contribution is -2.18. The number of rotatable bonds is 8. The molecule has 0 atom stereocenters. The second-order valence-corrected chi connectivity index (χ2v) is 14.0. The zero-order valence-corrected chi connectivity index (χ0v) is 26.3. The van der Waals surface area contributed by atoms with Gasteiger partial charge in [-0.2, -0.15) is 0 Å². The van der Waals surface area contributed by atoms with Crippen LogP contribution in [0.2, 0.25) is 0 Å². The molecule has 0 aliphatic heterocycles. The molecule has 0 N–H and O–H groups in total. The molecule has 0 aromatic heterocycles. The molecule has 0 unspecified atom stereocenters. The summed E-state index contributed by atoms with van der Waals surface area (Å²) in [6.07, 6.45) is 8.72. The first kappa shape index (κ1) is 29.2. The number of hydrogen-bond donors (Lipinski definition) is 0. The third-order valence-electron chi connectivity index (χ3n) is 8.38. The smallest absolute Gasteiger partial charge is 0.171 e. The molecule has 6 aromatic rings. The van der Waals surface area contributed by atoms with Gasteiger partial charge >= 0.3 is 0 Å². The molecule has 0 saturated heterocycles. The van der Waals surface area contributed by atoms with Crippen LogP contribution in [0.4, 0.5) is 0 Å². The molecule has 0 bridgehead atoms. The Labute approximate surface area is 271 Å². The molecule has 1 nitrogen and oxygen atoms in total. The fraction of sp³-hybridized carbons (Fsp3) is 0. The van der Waals surface area contributed by atoms with E-state index in [0.717, 1.165) is 60.5 Å². The summed E-state index contributed by atoms with van der Waals surface area (Å²) in [4.78, 5) is 0. The van der Waals surface area contributed by atoms with Gasteiger partial charge in [0.1, 0.15) is 0 Å². The van der Waals surface area contributed by atoms with Gasteiger partial charge in [0.05, 0.1) is 0 Å². The molecule has 220 valence electrons. The Morgan fingerprint density at radius 3 is 1.48 bits per heavy atom. The van der Waals surface area contributed by atoms with Crippen LogP contribution >= 0.6 is 7.14 Å². The molecule has 1 aliphatic rings. The maximum Gasteiger partial charge on any atom is 0.171 e. The molecule has 0 heterocycles. The summed E-state index contributed by atoms with van der Waals surface area (Å²) >= 11 is 0. The summed E-state index contributed by atoms with van der Waals surface area (Å²) in [5.41, 5.74) is 8.65. The minimum Gasteiger partial charge on any atom is -0.309 e. The minimum absolute atomic E-state index is 0.799. The van der Waals surface area contributed by atoms with E-state index in [1.807, 2.05) is 78.9 Å². The van der Waals surface area contributed by atoms with Crippen molar-refractivity contribution in [3.8, 4) is 0 Å². The van der Waals surface area contributed by atoms with Crippen molar-refractivity contribution in [1.82, 2.24) is 0 Å². The predicted octanol–water partition coefficient (Wildman–Crippen LogP) is 10.7. The van der Waals surface area contributed by atoms with Crippen LogP contribution in [-0.4, -0.2) is 0 Å². The molecule has 46 heavy (non-hydrogen) atoms. The average Bonchev–Trinajstić information content (AvgIpc) is 3.49. The van der Waals surface area contributed by atoms with Gasteiger partial charge in [0, 0.05) is 15.9 Å². The maximum atomic E-state index is 16.2. The van der Waals surface area contributed by atoms with E-state index in [-0.39, 0.29) is 0 Å². The zero-order valence-electron chi connectivity index (χ0n) is 25.4. The average molecular weight is 609 g/mol. The molecule has 0 spiro atoms. The maximum absolute atomic E-state index is 16.2. The van der Waals surface area contributed by atoms with Crippen molar-refractivity contribution in [2.45, 2.75) is 0 Å². The first-order valence-corrected chi connectivity index (χ1v) is 17.3. The van der Waals surface area contributed by atoms with Gasteiger partial charge in [0.15, 0.2) is 7.14 Å². The van der Waals surface area contributed by atoms with E-state index in [1.165, 1.54) is 0 Å². The second kappa shape index (κ2) is 13.2. The van der Waals surface area contributed by atoms with Gasteiger partial charge in [0.25, 0.3) is 0 Å². The minimum atomic E-state index is -3.39. The normalized spacial score (nSPS) is 13.6. The van der Waals surface area contributed by atoms with Crippen LogP contribution < -0.4 is 10.6 Å². The molecule has 7 rings (SSSR count). The van der Waals surface area contributed by atoms with E-state index in [2.05, 4.69) is 121 Å². The first-order chi connectivity index (χ1) is 22.7. The fourth-order valence-electron chi connectivity index (χ4n) is 6.15. The molecule has 0 saturated carbocycles. The summed E-state index contributed by atoms with van der Waals surface area (Å²) in [7, 11) is -3.39. The van der Waals surface area contributed by atoms with Gasteiger partial charge in [-0.05, 0) is 62.8 Å². The highest BCUT2D eigenvalue weighted by Crippen LogP contribution is 2.59. The Bertz CT molecular complexity index is 2040. The second-order valence-electron chi connectivity index (χ2n) is 11.3. The number of allylic oxidation sites excluding steroid dienone is 5. The summed E-state index contributed by atoms with van der Waals surface area (Å²) in [6.45, 7) is 0. The van der Waals surface area contributed by atoms with Gasteiger partial charge in [0.2, 0.25) is 0 Å². The third kappa shape index (κ3) is 5.82. The van der Waals surface area contributed by atoms with Crippen molar-refractivity contribution in [2.24, 2.45) is 0 Å². The van der Waals surface area contributed by atoms with E-state index in [1.54, 1.807) is 0 Å². The van der Waals surface area contributed by atoms with Crippen LogP contribution in [0.3, 0.4) is 0 Å². The molecule has 6 aromatic carbocycles. The Morgan fingerprint density at radius 1 is 0.478 bits per heavy atom. The number of hydrogen-bond acceptors (Lipinski definition) is 1. The molecule has 0 amide bonds. The van der Waals surface area contributed by atoms with Gasteiger partial charge in [-0.15, -0.1) is 0 Å². The summed E-state index contributed by atoms with van der Waals surface area (Å²) in [5.74, 6) is 0. The van der Waals surface area contributed by atoms with Crippen LogP contribution in [0.25, 0.3) is 23.3 Å². The van der Waals surface area contributed by atoms with Crippen LogP contribution in [-0.2, 0) is 4.57 Å². The molecule has 0 radical (unpaired) electrons. The van der Waals surface area contributed by atoms with E-state index < -0.39 is 7.14 Å². The molecule has 1 aliphatic carbocycles. The lowest BCUT2D eigenvalue weighted by molar-refractivity contribution is 0.591. The van der Waals surface area contributed by atoms with Crippen molar-refractivity contribution in [2.75, 3.05) is 0 Å². The number of benzene rings is 6. The van der Waals surface area contributed by atoms with Gasteiger partial charge < -0.3 is 4.57 Å². The predicted molar refractivity (Wildman–Crippen MR) is 197 cm³/mol. The molecular formula is C44H33OP. The summed E-state index contributed by atoms with van der Waals surface area (Å²) in [5, 5.41) is 2.41. The lowest BCUT2D eigenvalue weighted by atomic mass is 9.96. The van der Waals surface area contributed by atoms with Gasteiger partial charge in [-0.25, -0.2) is 0 Å². The lowest BCUT2D eigenvalue weighted by Gasteiger charge is -2.25. The summed E-state index contributed by atoms with van der Waals surface area (Å²) in [6, 6.07) is 59.6. The highest BCUT2D eigenvalue weighted by molar-refractivity contribution is 7.82. The Morgan fingerprint density at radius 2 is 0.935 bits per heavy atom. The van der Waals surface area contributed by atoms with Gasteiger partial charge in [-0.3, -0.25) is 0 Å². The van der Waals surface area contributed by atoms with Crippen LogP contribution in [0, 0.1) is 0 Å². The monoisotopic (exact) mass is 608 g/mol. The zero-order chi connectivity index (χ0) is 31.2. The SMILES string of the molecule is O=P(/C(=C/C=C(c1ccccc1)c1ccccc1)C1=Cc2ccccc2/C1=C\c1ccccc1)(c1ccccc1)c1ccccc1. The fourth-order valence-corrected chi connectivity index (χ4v) is 9.00. The third-order valence-corrected chi connectivity index (χ3v) is 11.5. The highest BCUT2D eigenvalue weighted by atomic mass is 31.2.